The van der Waals surface area contributed by atoms with Crippen LogP contribution in [0.2, 0.25) is 5.15 Å². The molecule has 4 aromatic rings. The van der Waals surface area contributed by atoms with Crippen LogP contribution in [0.5, 0.6) is 0 Å². The Labute approximate surface area is 198 Å². The zero-order valence-corrected chi connectivity index (χ0v) is 20.4. The number of nitrogens with one attached hydrogen (secondary N) is 1. The maximum absolute atomic E-state index is 13.0. The van der Waals surface area contributed by atoms with Gasteiger partial charge in [0.05, 0.1) is 17.6 Å². The van der Waals surface area contributed by atoms with Gasteiger partial charge in [-0.25, -0.2) is 15.0 Å². The molecular weight excluding hydrogens is 460 g/mol. The number of para-hydroxylation sites is 2. The van der Waals surface area contributed by atoms with E-state index >= 15 is 0 Å². The van der Waals surface area contributed by atoms with Crippen molar-refractivity contribution in [2.45, 2.75) is 32.0 Å². The normalized spacial score (nSPS) is 11.9. The maximum atomic E-state index is 13.0. The van der Waals surface area contributed by atoms with Crippen molar-refractivity contribution >= 4 is 38.5 Å². The van der Waals surface area contributed by atoms with Gasteiger partial charge in [0.1, 0.15) is 5.82 Å². The average molecular weight is 485 g/mol. The molecule has 0 fully saturated rings. The maximum Gasteiger partial charge on any atom is 0.282 e. The Bertz CT molecular complexity index is 1430. The number of rotatable bonds is 7. The summed E-state index contributed by atoms with van der Waals surface area (Å²) in [6, 6.07) is 13.5. The first-order valence-electron chi connectivity index (χ1n) is 10.3. The van der Waals surface area contributed by atoms with Crippen LogP contribution in [-0.4, -0.2) is 39.9 Å². The van der Waals surface area contributed by atoms with Gasteiger partial charge >= 0.3 is 0 Å². The molecule has 0 unspecified atom stereocenters. The summed E-state index contributed by atoms with van der Waals surface area (Å²) in [5, 5.41) is -0.132. The highest BCUT2D eigenvalue weighted by atomic mass is 35.5. The first-order valence-corrected chi connectivity index (χ1v) is 12.2. The average Bonchev–Trinajstić information content (AvgIpc) is 3.11. The number of benzene rings is 2. The summed E-state index contributed by atoms with van der Waals surface area (Å²) in [4.78, 5) is 15.0. The van der Waals surface area contributed by atoms with Crippen LogP contribution in [0.1, 0.15) is 22.5 Å². The summed E-state index contributed by atoms with van der Waals surface area (Å²) in [5.74, 6) is 0.591. The molecule has 0 saturated carbocycles. The molecule has 0 saturated heterocycles. The molecule has 0 atom stereocenters. The van der Waals surface area contributed by atoms with Crippen LogP contribution in [0.15, 0.2) is 53.7 Å². The molecule has 0 bridgehead atoms. The number of hydrogen-bond acceptors (Lipinski definition) is 6. The van der Waals surface area contributed by atoms with Crippen molar-refractivity contribution in [1.29, 1.82) is 0 Å². The topological polar surface area (TPSA) is 93.0 Å². The SMILES string of the molecule is Cc1ccc(CN(C)Cc2nc(S(=O)(=O)Nc3nc4ccccc4nc3Cl)cn2C)c(C)c1. The summed E-state index contributed by atoms with van der Waals surface area (Å²) in [5.41, 5.74) is 4.78. The highest BCUT2D eigenvalue weighted by Crippen LogP contribution is 2.24. The van der Waals surface area contributed by atoms with Crippen molar-refractivity contribution in [3.63, 3.8) is 0 Å². The van der Waals surface area contributed by atoms with Crippen LogP contribution in [0, 0.1) is 13.8 Å². The Kier molecular flexibility index (Phi) is 6.38. The van der Waals surface area contributed by atoms with Gasteiger partial charge in [0.15, 0.2) is 16.0 Å². The Hall–Kier alpha value is -3.01. The monoisotopic (exact) mass is 484 g/mol. The summed E-state index contributed by atoms with van der Waals surface area (Å²) in [6.07, 6.45) is 1.48. The quantitative estimate of drug-likeness (QED) is 0.425. The number of aromatic nitrogens is 4. The third-order valence-electron chi connectivity index (χ3n) is 5.33. The van der Waals surface area contributed by atoms with Crippen LogP contribution in [-0.2, 0) is 30.2 Å². The van der Waals surface area contributed by atoms with Crippen LogP contribution >= 0.6 is 11.6 Å². The van der Waals surface area contributed by atoms with Crippen molar-refractivity contribution in [3.05, 3.63) is 76.3 Å². The minimum Gasteiger partial charge on any atom is -0.335 e. The fourth-order valence-electron chi connectivity index (χ4n) is 3.59. The second-order valence-corrected chi connectivity index (χ2v) is 10.2. The van der Waals surface area contributed by atoms with Crippen LogP contribution in [0.4, 0.5) is 5.82 Å². The molecule has 0 radical (unpaired) electrons. The highest BCUT2D eigenvalue weighted by molar-refractivity contribution is 7.92. The molecule has 4 rings (SSSR count). The summed E-state index contributed by atoms with van der Waals surface area (Å²) < 4.78 is 30.1. The van der Waals surface area contributed by atoms with Gasteiger partial charge in [0, 0.05) is 19.8 Å². The molecule has 8 nitrogen and oxygen atoms in total. The van der Waals surface area contributed by atoms with E-state index in [0.29, 0.717) is 23.4 Å². The van der Waals surface area contributed by atoms with E-state index in [4.69, 9.17) is 11.6 Å². The Morgan fingerprint density at radius 3 is 2.42 bits per heavy atom. The van der Waals surface area contributed by atoms with Gasteiger partial charge in [-0.3, -0.25) is 9.62 Å². The van der Waals surface area contributed by atoms with E-state index in [-0.39, 0.29) is 16.0 Å². The molecule has 2 aromatic heterocycles. The molecule has 0 spiro atoms. The second kappa shape index (κ2) is 9.09. The molecule has 2 heterocycles. The van der Waals surface area contributed by atoms with E-state index < -0.39 is 10.0 Å². The van der Waals surface area contributed by atoms with E-state index in [1.807, 2.05) is 13.1 Å². The van der Waals surface area contributed by atoms with Gasteiger partial charge in [0.25, 0.3) is 10.0 Å². The predicted octanol–water partition coefficient (Wildman–Crippen LogP) is 4.07. The molecule has 0 aliphatic heterocycles. The fraction of sp³-hybridized carbons (Fsp3) is 0.261. The Balaban J connectivity index is 1.52. The van der Waals surface area contributed by atoms with Gasteiger partial charge in [0.2, 0.25) is 0 Å². The van der Waals surface area contributed by atoms with Gasteiger partial charge in [-0.1, -0.05) is 47.5 Å². The van der Waals surface area contributed by atoms with E-state index in [0.717, 1.165) is 6.54 Å². The minimum absolute atomic E-state index is 0.0263. The van der Waals surface area contributed by atoms with E-state index in [9.17, 15) is 8.42 Å². The molecule has 1 N–H and O–H groups in total. The summed E-state index contributed by atoms with van der Waals surface area (Å²) in [6.45, 7) is 5.37. The number of halogens is 1. The number of aryl methyl sites for hydroxylation is 3. The first kappa shape index (κ1) is 23.2. The van der Waals surface area contributed by atoms with Crippen molar-refractivity contribution in [1.82, 2.24) is 24.4 Å². The second-order valence-electron chi connectivity index (χ2n) is 8.17. The van der Waals surface area contributed by atoms with Crippen LogP contribution in [0.25, 0.3) is 11.0 Å². The zero-order valence-electron chi connectivity index (χ0n) is 18.9. The Morgan fingerprint density at radius 1 is 1.03 bits per heavy atom. The summed E-state index contributed by atoms with van der Waals surface area (Å²) >= 11 is 6.17. The van der Waals surface area contributed by atoms with Gasteiger partial charge < -0.3 is 4.57 Å². The molecule has 10 heteroatoms. The molecule has 0 aliphatic rings. The number of imidazole rings is 1. The number of hydrogen-bond donors (Lipinski definition) is 1. The van der Waals surface area contributed by atoms with Crippen LogP contribution in [0.3, 0.4) is 0 Å². The third kappa shape index (κ3) is 5.16. The lowest BCUT2D eigenvalue weighted by Gasteiger charge is -2.18. The fourth-order valence-corrected chi connectivity index (χ4v) is 4.85. The van der Waals surface area contributed by atoms with Gasteiger partial charge in [-0.15, -0.1) is 0 Å². The zero-order chi connectivity index (χ0) is 23.8. The molecule has 0 aliphatic carbocycles. The third-order valence-corrected chi connectivity index (χ3v) is 6.81. The molecule has 0 amide bonds. The standard InChI is InChI=1S/C23H25ClN6O2S/c1-15-9-10-17(16(2)11-15)12-29(3)13-20-27-21(14-30(20)4)33(31,32)28-23-22(24)25-18-7-5-6-8-19(18)26-23/h5-11,14H,12-13H2,1-4H3,(H,26,28). The molecular formula is C23H25ClN6O2S. The number of sulfonamides is 1. The van der Waals surface area contributed by atoms with E-state index in [1.165, 1.54) is 22.9 Å². The lowest BCUT2D eigenvalue weighted by molar-refractivity contribution is 0.306. The minimum atomic E-state index is -4.00. The number of anilines is 1. The van der Waals surface area contributed by atoms with E-state index in [1.54, 1.807) is 29.8 Å². The first-order chi connectivity index (χ1) is 15.6. The lowest BCUT2D eigenvalue weighted by atomic mass is 10.1. The van der Waals surface area contributed by atoms with Gasteiger partial charge in [-0.2, -0.15) is 8.42 Å². The largest absolute Gasteiger partial charge is 0.335 e. The van der Waals surface area contributed by atoms with Crippen molar-refractivity contribution in [3.8, 4) is 0 Å². The molecule has 33 heavy (non-hydrogen) atoms. The highest BCUT2D eigenvalue weighted by Gasteiger charge is 2.23. The molecule has 2 aromatic carbocycles. The van der Waals surface area contributed by atoms with Crippen molar-refractivity contribution in [2.24, 2.45) is 7.05 Å². The summed E-state index contributed by atoms with van der Waals surface area (Å²) in [7, 11) is -0.250. The smallest absolute Gasteiger partial charge is 0.282 e. The predicted molar refractivity (Wildman–Crippen MR) is 130 cm³/mol. The van der Waals surface area contributed by atoms with E-state index in [2.05, 4.69) is 56.6 Å². The van der Waals surface area contributed by atoms with Crippen molar-refractivity contribution in [2.75, 3.05) is 11.8 Å². The number of fused-ring (bicyclic) bond motifs is 1. The number of nitrogens with zero attached hydrogens (tertiary/aromatic N) is 5. The van der Waals surface area contributed by atoms with Crippen molar-refractivity contribution < 1.29 is 8.42 Å². The molecule has 172 valence electrons. The Morgan fingerprint density at radius 2 is 1.73 bits per heavy atom. The van der Waals surface area contributed by atoms with Gasteiger partial charge in [-0.05, 0) is 44.2 Å². The lowest BCUT2D eigenvalue weighted by Crippen LogP contribution is -2.20. The van der Waals surface area contributed by atoms with Crippen LogP contribution < -0.4 is 4.72 Å².